The Morgan fingerprint density at radius 1 is 1.26 bits per heavy atom. The summed E-state index contributed by atoms with van der Waals surface area (Å²) in [6, 6.07) is 5.85. The van der Waals surface area contributed by atoms with Gasteiger partial charge in [0.1, 0.15) is 0 Å². The number of benzene rings is 1. The van der Waals surface area contributed by atoms with Crippen molar-refractivity contribution < 1.29 is 17.9 Å². The SMILES string of the molecule is CCOCCCNC(=O)c1ccc(S(=O)(=O)N(C)C(C)C)cc1. The maximum Gasteiger partial charge on any atom is 0.251 e. The van der Waals surface area contributed by atoms with Crippen molar-refractivity contribution in [2.75, 3.05) is 26.8 Å². The van der Waals surface area contributed by atoms with Crippen molar-refractivity contribution >= 4 is 15.9 Å². The van der Waals surface area contributed by atoms with Crippen LogP contribution in [0.25, 0.3) is 0 Å². The van der Waals surface area contributed by atoms with Crippen molar-refractivity contribution in [3.63, 3.8) is 0 Å². The molecule has 0 heterocycles. The summed E-state index contributed by atoms with van der Waals surface area (Å²) in [5.41, 5.74) is 0.438. The van der Waals surface area contributed by atoms with Gasteiger partial charge in [0.2, 0.25) is 10.0 Å². The van der Waals surface area contributed by atoms with E-state index >= 15 is 0 Å². The molecule has 130 valence electrons. The summed E-state index contributed by atoms with van der Waals surface area (Å²) >= 11 is 0. The summed E-state index contributed by atoms with van der Waals surface area (Å²) < 4.78 is 31.2. The molecular weight excluding hydrogens is 316 g/mol. The topological polar surface area (TPSA) is 75.7 Å². The van der Waals surface area contributed by atoms with Gasteiger partial charge < -0.3 is 10.1 Å². The third kappa shape index (κ3) is 5.60. The Morgan fingerprint density at radius 2 is 1.87 bits per heavy atom. The summed E-state index contributed by atoms with van der Waals surface area (Å²) in [6.07, 6.45) is 0.741. The van der Waals surface area contributed by atoms with Gasteiger partial charge in [-0.15, -0.1) is 0 Å². The number of nitrogens with one attached hydrogen (secondary N) is 1. The minimum absolute atomic E-state index is 0.131. The fourth-order valence-electron chi connectivity index (χ4n) is 1.84. The lowest BCUT2D eigenvalue weighted by atomic mass is 10.2. The zero-order chi connectivity index (χ0) is 17.5. The molecule has 0 aliphatic carbocycles. The van der Waals surface area contributed by atoms with Gasteiger partial charge in [0.05, 0.1) is 4.90 Å². The molecular formula is C16H26N2O4S. The summed E-state index contributed by atoms with van der Waals surface area (Å²) in [7, 11) is -1.98. The molecule has 0 saturated carbocycles. The third-order valence-corrected chi connectivity index (χ3v) is 5.52. The molecule has 0 aliphatic heterocycles. The molecule has 0 aromatic heterocycles. The molecule has 1 amide bonds. The van der Waals surface area contributed by atoms with Crippen LogP contribution in [0.2, 0.25) is 0 Å². The molecule has 1 rings (SSSR count). The van der Waals surface area contributed by atoms with E-state index in [9.17, 15) is 13.2 Å². The molecule has 1 N–H and O–H groups in total. The first-order chi connectivity index (χ1) is 10.8. The number of amides is 1. The lowest BCUT2D eigenvalue weighted by Gasteiger charge is -2.21. The predicted molar refractivity (Wildman–Crippen MR) is 90.0 cm³/mol. The summed E-state index contributed by atoms with van der Waals surface area (Å²) in [5.74, 6) is -0.220. The first-order valence-electron chi connectivity index (χ1n) is 7.74. The first kappa shape index (κ1) is 19.6. The molecule has 0 bridgehead atoms. The van der Waals surface area contributed by atoms with E-state index in [1.807, 2.05) is 20.8 Å². The number of hydrogen-bond acceptors (Lipinski definition) is 4. The van der Waals surface area contributed by atoms with Crippen LogP contribution < -0.4 is 5.32 Å². The monoisotopic (exact) mass is 342 g/mol. The molecule has 1 aromatic rings. The highest BCUT2D eigenvalue weighted by Crippen LogP contribution is 2.17. The highest BCUT2D eigenvalue weighted by molar-refractivity contribution is 7.89. The molecule has 0 unspecified atom stereocenters. The number of ether oxygens (including phenoxy) is 1. The quantitative estimate of drug-likeness (QED) is 0.695. The third-order valence-electron chi connectivity index (χ3n) is 3.48. The number of nitrogens with zero attached hydrogens (tertiary/aromatic N) is 1. The Morgan fingerprint density at radius 3 is 2.39 bits per heavy atom. The summed E-state index contributed by atoms with van der Waals surface area (Å²) in [5, 5.41) is 2.78. The number of rotatable bonds is 9. The largest absolute Gasteiger partial charge is 0.382 e. The standard InChI is InChI=1S/C16H26N2O4S/c1-5-22-12-6-11-17-16(19)14-7-9-15(10-8-14)23(20,21)18(4)13(2)3/h7-10,13H,5-6,11-12H2,1-4H3,(H,17,19). The van der Waals surface area contributed by atoms with Gasteiger partial charge in [0.25, 0.3) is 5.91 Å². The van der Waals surface area contributed by atoms with Gasteiger partial charge in [0.15, 0.2) is 0 Å². The molecule has 6 nitrogen and oxygen atoms in total. The van der Waals surface area contributed by atoms with E-state index in [0.717, 1.165) is 6.42 Å². The maximum atomic E-state index is 12.3. The Labute approximate surface area is 138 Å². The average Bonchev–Trinajstić information content (AvgIpc) is 2.53. The van der Waals surface area contributed by atoms with Gasteiger partial charge in [-0.1, -0.05) is 0 Å². The lowest BCUT2D eigenvalue weighted by molar-refractivity contribution is 0.0944. The molecule has 0 fully saturated rings. The van der Waals surface area contributed by atoms with Crippen LogP contribution in [0, 0.1) is 0 Å². The predicted octanol–water partition coefficient (Wildman–Crippen LogP) is 1.87. The van der Waals surface area contributed by atoms with E-state index in [4.69, 9.17) is 4.74 Å². The van der Waals surface area contributed by atoms with Crippen molar-refractivity contribution in [2.45, 2.75) is 38.1 Å². The van der Waals surface area contributed by atoms with Gasteiger partial charge in [-0.2, -0.15) is 4.31 Å². The molecule has 0 aliphatic rings. The van der Waals surface area contributed by atoms with Crippen molar-refractivity contribution in [1.82, 2.24) is 9.62 Å². The molecule has 1 aromatic carbocycles. The average molecular weight is 342 g/mol. The Hall–Kier alpha value is -1.44. The van der Waals surface area contributed by atoms with Crippen molar-refractivity contribution in [2.24, 2.45) is 0 Å². The highest BCUT2D eigenvalue weighted by Gasteiger charge is 2.23. The fraction of sp³-hybridized carbons (Fsp3) is 0.562. The Kier molecular flexibility index (Phi) is 7.67. The van der Waals surface area contributed by atoms with Crippen LogP contribution in [0.3, 0.4) is 0 Å². The van der Waals surface area contributed by atoms with Crippen LogP contribution in [-0.4, -0.2) is 51.5 Å². The Balaban J connectivity index is 2.68. The van der Waals surface area contributed by atoms with Crippen LogP contribution in [0.15, 0.2) is 29.2 Å². The second-order valence-electron chi connectivity index (χ2n) is 5.45. The number of hydrogen-bond donors (Lipinski definition) is 1. The second kappa shape index (κ2) is 9.00. The molecule has 0 saturated heterocycles. The minimum atomic E-state index is -3.52. The van der Waals surface area contributed by atoms with E-state index in [2.05, 4.69) is 5.32 Å². The van der Waals surface area contributed by atoms with Gasteiger partial charge in [0, 0.05) is 38.4 Å². The van der Waals surface area contributed by atoms with Gasteiger partial charge in [-0.05, 0) is 51.5 Å². The summed E-state index contributed by atoms with van der Waals surface area (Å²) in [6.45, 7) is 7.33. The fourth-order valence-corrected chi connectivity index (χ4v) is 3.21. The van der Waals surface area contributed by atoms with E-state index in [-0.39, 0.29) is 16.8 Å². The van der Waals surface area contributed by atoms with Gasteiger partial charge in [-0.3, -0.25) is 4.79 Å². The summed E-state index contributed by atoms with van der Waals surface area (Å²) in [4.78, 5) is 12.2. The second-order valence-corrected chi connectivity index (χ2v) is 7.44. The van der Waals surface area contributed by atoms with Crippen LogP contribution in [-0.2, 0) is 14.8 Å². The normalized spacial score (nSPS) is 11.9. The van der Waals surface area contributed by atoms with E-state index < -0.39 is 10.0 Å². The van der Waals surface area contributed by atoms with E-state index in [0.29, 0.717) is 25.3 Å². The Bertz CT molecular complexity index is 597. The van der Waals surface area contributed by atoms with E-state index in [1.165, 1.54) is 28.6 Å². The van der Waals surface area contributed by atoms with Crippen LogP contribution in [0.5, 0.6) is 0 Å². The van der Waals surface area contributed by atoms with Crippen molar-refractivity contribution in [3.8, 4) is 0 Å². The van der Waals surface area contributed by atoms with Crippen molar-refractivity contribution in [1.29, 1.82) is 0 Å². The lowest BCUT2D eigenvalue weighted by Crippen LogP contribution is -2.33. The van der Waals surface area contributed by atoms with E-state index in [1.54, 1.807) is 7.05 Å². The molecule has 23 heavy (non-hydrogen) atoms. The minimum Gasteiger partial charge on any atom is -0.382 e. The highest BCUT2D eigenvalue weighted by atomic mass is 32.2. The maximum absolute atomic E-state index is 12.3. The molecule has 0 radical (unpaired) electrons. The molecule has 0 spiro atoms. The van der Waals surface area contributed by atoms with Gasteiger partial charge in [-0.25, -0.2) is 8.42 Å². The number of carbonyl (C=O) groups excluding carboxylic acids is 1. The van der Waals surface area contributed by atoms with Crippen LogP contribution in [0.1, 0.15) is 37.6 Å². The number of carbonyl (C=O) groups is 1. The number of sulfonamides is 1. The van der Waals surface area contributed by atoms with Crippen molar-refractivity contribution in [3.05, 3.63) is 29.8 Å². The molecule has 0 atom stereocenters. The van der Waals surface area contributed by atoms with Crippen LogP contribution in [0.4, 0.5) is 0 Å². The smallest absolute Gasteiger partial charge is 0.251 e. The van der Waals surface area contributed by atoms with Gasteiger partial charge >= 0.3 is 0 Å². The zero-order valence-corrected chi connectivity index (χ0v) is 15.0. The first-order valence-corrected chi connectivity index (χ1v) is 9.18. The zero-order valence-electron chi connectivity index (χ0n) is 14.2. The van der Waals surface area contributed by atoms with Crippen LogP contribution >= 0.6 is 0 Å². The molecule has 7 heteroatoms.